The number of methoxy groups -OCH3 is 1. The van der Waals surface area contributed by atoms with Gasteiger partial charge in [0, 0.05) is 6.54 Å². The Hall–Kier alpha value is -1.62. The predicted octanol–water partition coefficient (Wildman–Crippen LogP) is 2.20. The van der Waals surface area contributed by atoms with E-state index in [2.05, 4.69) is 21.6 Å². The molecule has 1 heterocycles. The summed E-state index contributed by atoms with van der Waals surface area (Å²) in [6, 6.07) is 8.08. The Bertz CT molecular complexity index is 431. The molecule has 84 valence electrons. The van der Waals surface area contributed by atoms with Gasteiger partial charge in [0.2, 0.25) is 5.13 Å². The zero-order valence-electron chi connectivity index (χ0n) is 9.01. The minimum absolute atomic E-state index is 0.850. The molecule has 4 nitrogen and oxygen atoms in total. The Morgan fingerprint density at radius 3 is 3.12 bits per heavy atom. The van der Waals surface area contributed by atoms with Crippen molar-refractivity contribution in [1.29, 1.82) is 0 Å². The largest absolute Gasteiger partial charge is 0.497 e. The van der Waals surface area contributed by atoms with E-state index in [1.54, 1.807) is 12.6 Å². The second-order valence-electron chi connectivity index (χ2n) is 3.27. The summed E-state index contributed by atoms with van der Waals surface area (Å²) in [5, 5.41) is 11.8. The van der Waals surface area contributed by atoms with Crippen LogP contribution in [-0.2, 0) is 6.42 Å². The summed E-state index contributed by atoms with van der Waals surface area (Å²) in [7, 11) is 1.68. The van der Waals surface area contributed by atoms with Gasteiger partial charge in [-0.15, -0.1) is 10.2 Å². The number of nitrogens with zero attached hydrogens (tertiary/aromatic N) is 2. The Morgan fingerprint density at radius 2 is 2.38 bits per heavy atom. The lowest BCUT2D eigenvalue weighted by molar-refractivity contribution is 0.414. The van der Waals surface area contributed by atoms with Crippen molar-refractivity contribution in [3.05, 3.63) is 35.3 Å². The predicted molar refractivity (Wildman–Crippen MR) is 65.1 cm³/mol. The van der Waals surface area contributed by atoms with Crippen molar-refractivity contribution >= 4 is 16.5 Å². The highest BCUT2D eigenvalue weighted by Crippen LogP contribution is 2.13. The van der Waals surface area contributed by atoms with Crippen LogP contribution in [0.25, 0.3) is 0 Å². The number of rotatable bonds is 5. The summed E-state index contributed by atoms with van der Waals surface area (Å²) in [5.41, 5.74) is 2.96. The van der Waals surface area contributed by atoms with Gasteiger partial charge in [0.25, 0.3) is 0 Å². The molecule has 1 aromatic carbocycles. The Morgan fingerprint density at radius 1 is 1.44 bits per heavy atom. The summed E-state index contributed by atoms with van der Waals surface area (Å²) in [6.07, 6.45) is 0.941. The molecule has 0 aliphatic rings. The molecule has 1 aromatic heterocycles. The first-order valence-electron chi connectivity index (χ1n) is 5.01. The summed E-state index contributed by atoms with van der Waals surface area (Å²) >= 11 is 1.51. The van der Waals surface area contributed by atoms with Gasteiger partial charge in [0.15, 0.2) is 0 Å². The summed E-state index contributed by atoms with van der Waals surface area (Å²) in [4.78, 5) is 0. The van der Waals surface area contributed by atoms with E-state index in [1.807, 2.05) is 18.2 Å². The molecule has 0 bridgehead atoms. The van der Waals surface area contributed by atoms with Gasteiger partial charge in [-0.2, -0.15) is 0 Å². The van der Waals surface area contributed by atoms with E-state index in [0.29, 0.717) is 0 Å². The van der Waals surface area contributed by atoms with Gasteiger partial charge < -0.3 is 10.1 Å². The van der Waals surface area contributed by atoms with Crippen molar-refractivity contribution in [3.63, 3.8) is 0 Å². The third kappa shape index (κ3) is 2.93. The summed E-state index contributed by atoms with van der Waals surface area (Å²) in [5.74, 6) is 0.897. The highest BCUT2D eigenvalue weighted by molar-refractivity contribution is 7.13. The van der Waals surface area contributed by atoms with Gasteiger partial charge in [-0.1, -0.05) is 23.5 Å². The fraction of sp³-hybridized carbons (Fsp3) is 0.273. The quantitative estimate of drug-likeness (QED) is 0.863. The Kier molecular flexibility index (Phi) is 3.71. The number of ether oxygens (including phenoxy) is 1. The number of benzene rings is 1. The molecule has 16 heavy (non-hydrogen) atoms. The topological polar surface area (TPSA) is 47.0 Å². The molecule has 0 radical (unpaired) electrons. The van der Waals surface area contributed by atoms with E-state index in [1.165, 1.54) is 16.9 Å². The second-order valence-corrected chi connectivity index (χ2v) is 4.11. The molecule has 2 aromatic rings. The zero-order valence-corrected chi connectivity index (χ0v) is 9.83. The Labute approximate surface area is 98.3 Å². The van der Waals surface area contributed by atoms with Crippen molar-refractivity contribution in [1.82, 2.24) is 10.2 Å². The van der Waals surface area contributed by atoms with Crippen molar-refractivity contribution in [3.8, 4) is 5.75 Å². The molecule has 0 fully saturated rings. The summed E-state index contributed by atoms with van der Waals surface area (Å²) in [6.45, 7) is 0.850. The first kappa shape index (κ1) is 10.9. The molecule has 0 saturated heterocycles. The van der Waals surface area contributed by atoms with E-state index in [4.69, 9.17) is 4.74 Å². The molecule has 0 spiro atoms. The standard InChI is InChI=1S/C11H13N3OS/c1-15-10-4-2-3-9(7-10)5-6-12-11-14-13-8-16-11/h2-4,7-8H,5-6H2,1H3,(H,12,14). The summed E-state index contributed by atoms with van der Waals surface area (Å²) < 4.78 is 5.17. The van der Waals surface area contributed by atoms with Crippen LogP contribution in [0, 0.1) is 0 Å². The molecule has 1 N–H and O–H groups in total. The van der Waals surface area contributed by atoms with Gasteiger partial charge in [-0.25, -0.2) is 0 Å². The first-order valence-corrected chi connectivity index (χ1v) is 5.89. The van der Waals surface area contributed by atoms with Gasteiger partial charge in [-0.3, -0.25) is 0 Å². The third-order valence-corrected chi connectivity index (χ3v) is 2.83. The lowest BCUT2D eigenvalue weighted by Crippen LogP contribution is -2.04. The van der Waals surface area contributed by atoms with Gasteiger partial charge in [0.05, 0.1) is 7.11 Å². The smallest absolute Gasteiger partial charge is 0.205 e. The van der Waals surface area contributed by atoms with Crippen LogP contribution in [0.2, 0.25) is 0 Å². The average Bonchev–Trinajstić information content (AvgIpc) is 2.82. The van der Waals surface area contributed by atoms with Gasteiger partial charge in [0.1, 0.15) is 11.3 Å². The van der Waals surface area contributed by atoms with Crippen LogP contribution >= 0.6 is 11.3 Å². The van der Waals surface area contributed by atoms with E-state index >= 15 is 0 Å². The number of aromatic nitrogens is 2. The van der Waals surface area contributed by atoms with Crippen LogP contribution in [0.3, 0.4) is 0 Å². The van der Waals surface area contributed by atoms with Gasteiger partial charge in [-0.05, 0) is 24.1 Å². The molecule has 0 amide bonds. The number of hydrogen-bond donors (Lipinski definition) is 1. The monoisotopic (exact) mass is 235 g/mol. The third-order valence-electron chi connectivity index (χ3n) is 2.18. The van der Waals surface area contributed by atoms with Crippen molar-refractivity contribution in [2.75, 3.05) is 19.0 Å². The molecular formula is C11H13N3OS. The fourth-order valence-electron chi connectivity index (χ4n) is 1.39. The fourth-order valence-corrected chi connectivity index (χ4v) is 1.87. The van der Waals surface area contributed by atoms with Crippen LogP contribution in [0.5, 0.6) is 5.75 Å². The SMILES string of the molecule is COc1cccc(CCNc2nncs2)c1. The Balaban J connectivity index is 1.85. The minimum Gasteiger partial charge on any atom is -0.497 e. The molecule has 0 unspecified atom stereocenters. The van der Waals surface area contributed by atoms with Crippen molar-refractivity contribution in [2.24, 2.45) is 0 Å². The maximum Gasteiger partial charge on any atom is 0.205 e. The van der Waals surface area contributed by atoms with E-state index < -0.39 is 0 Å². The lowest BCUT2D eigenvalue weighted by Gasteiger charge is -2.04. The van der Waals surface area contributed by atoms with Gasteiger partial charge >= 0.3 is 0 Å². The van der Waals surface area contributed by atoms with Crippen LogP contribution in [0.4, 0.5) is 5.13 Å². The lowest BCUT2D eigenvalue weighted by atomic mass is 10.1. The van der Waals surface area contributed by atoms with E-state index in [0.717, 1.165) is 23.8 Å². The average molecular weight is 235 g/mol. The molecule has 0 aliphatic heterocycles. The van der Waals surface area contributed by atoms with Crippen LogP contribution in [0.1, 0.15) is 5.56 Å². The number of hydrogen-bond acceptors (Lipinski definition) is 5. The number of nitrogens with one attached hydrogen (secondary N) is 1. The highest BCUT2D eigenvalue weighted by atomic mass is 32.1. The molecule has 0 saturated carbocycles. The molecule has 5 heteroatoms. The first-order chi connectivity index (χ1) is 7.88. The molecule has 2 rings (SSSR count). The van der Waals surface area contributed by atoms with E-state index in [9.17, 15) is 0 Å². The zero-order chi connectivity index (χ0) is 11.2. The number of anilines is 1. The molecular weight excluding hydrogens is 222 g/mol. The maximum absolute atomic E-state index is 5.17. The second kappa shape index (κ2) is 5.46. The van der Waals surface area contributed by atoms with Crippen LogP contribution in [-0.4, -0.2) is 23.9 Å². The highest BCUT2D eigenvalue weighted by Gasteiger charge is 1.97. The van der Waals surface area contributed by atoms with Crippen molar-refractivity contribution < 1.29 is 4.74 Å². The molecule has 0 aliphatic carbocycles. The molecule has 0 atom stereocenters. The maximum atomic E-state index is 5.17. The minimum atomic E-state index is 0.850. The normalized spacial score (nSPS) is 10.1. The van der Waals surface area contributed by atoms with Crippen molar-refractivity contribution in [2.45, 2.75) is 6.42 Å². The van der Waals surface area contributed by atoms with Crippen LogP contribution < -0.4 is 10.1 Å². The van der Waals surface area contributed by atoms with Crippen LogP contribution in [0.15, 0.2) is 29.8 Å². The van der Waals surface area contributed by atoms with E-state index in [-0.39, 0.29) is 0 Å².